The zero-order valence-electron chi connectivity index (χ0n) is 14.5. The van der Waals surface area contributed by atoms with Crippen LogP contribution in [0.15, 0.2) is 54.6 Å². The normalized spacial score (nSPS) is 16.7. The van der Waals surface area contributed by atoms with E-state index in [-0.39, 0.29) is 24.3 Å². The quantitative estimate of drug-likeness (QED) is 0.758. The Kier molecular flexibility index (Phi) is 5.49. The third-order valence-corrected chi connectivity index (χ3v) is 4.61. The van der Waals surface area contributed by atoms with Crippen molar-refractivity contribution < 1.29 is 14.3 Å². The predicted octanol–water partition coefficient (Wildman–Crippen LogP) is 3.50. The molecule has 130 valence electrons. The maximum Gasteiger partial charge on any atom is 0.260 e. The summed E-state index contributed by atoms with van der Waals surface area (Å²) in [6.07, 6.45) is 2.94. The van der Waals surface area contributed by atoms with Crippen LogP contribution >= 0.6 is 0 Å². The molecule has 1 saturated heterocycles. The van der Waals surface area contributed by atoms with Gasteiger partial charge < -0.3 is 9.64 Å². The average Bonchev–Trinajstić information content (AvgIpc) is 3.09. The molecule has 1 amide bonds. The fourth-order valence-electron chi connectivity index (χ4n) is 3.30. The van der Waals surface area contributed by atoms with Gasteiger partial charge in [0.05, 0.1) is 0 Å². The molecule has 25 heavy (non-hydrogen) atoms. The number of hydrogen-bond acceptors (Lipinski definition) is 3. The van der Waals surface area contributed by atoms with Gasteiger partial charge >= 0.3 is 0 Å². The van der Waals surface area contributed by atoms with E-state index in [0.717, 1.165) is 25.8 Å². The lowest BCUT2D eigenvalue weighted by Crippen LogP contribution is -2.39. The number of ether oxygens (including phenoxy) is 1. The van der Waals surface area contributed by atoms with Gasteiger partial charge in [0.1, 0.15) is 5.75 Å². The van der Waals surface area contributed by atoms with E-state index in [4.69, 9.17) is 4.74 Å². The van der Waals surface area contributed by atoms with Crippen molar-refractivity contribution >= 4 is 11.7 Å². The van der Waals surface area contributed by atoms with Crippen LogP contribution in [0.3, 0.4) is 0 Å². The second-order valence-electron chi connectivity index (χ2n) is 6.45. The first kappa shape index (κ1) is 17.2. The van der Waals surface area contributed by atoms with Crippen LogP contribution in [-0.2, 0) is 11.2 Å². The minimum atomic E-state index is -0.0146. The Morgan fingerprint density at radius 1 is 1.12 bits per heavy atom. The summed E-state index contributed by atoms with van der Waals surface area (Å²) in [6.45, 7) is 2.31. The monoisotopic (exact) mass is 337 g/mol. The smallest absolute Gasteiger partial charge is 0.260 e. The van der Waals surface area contributed by atoms with E-state index in [1.165, 1.54) is 12.5 Å². The Morgan fingerprint density at radius 2 is 1.92 bits per heavy atom. The lowest BCUT2D eigenvalue weighted by Gasteiger charge is -2.25. The van der Waals surface area contributed by atoms with Gasteiger partial charge in [-0.05, 0) is 43.9 Å². The van der Waals surface area contributed by atoms with Crippen molar-refractivity contribution in [1.82, 2.24) is 4.90 Å². The molecule has 0 aromatic heterocycles. The molecule has 2 aromatic carbocycles. The van der Waals surface area contributed by atoms with Crippen LogP contribution in [0.2, 0.25) is 0 Å². The molecule has 0 spiro atoms. The number of likely N-dealkylation sites (tertiary alicyclic amines) is 1. The summed E-state index contributed by atoms with van der Waals surface area (Å²) >= 11 is 0. The second-order valence-corrected chi connectivity index (χ2v) is 6.45. The molecule has 0 bridgehead atoms. The molecule has 2 aromatic rings. The van der Waals surface area contributed by atoms with Gasteiger partial charge in [0, 0.05) is 18.2 Å². The molecule has 1 fully saturated rings. The third kappa shape index (κ3) is 4.47. The van der Waals surface area contributed by atoms with Crippen molar-refractivity contribution in [2.75, 3.05) is 13.2 Å². The molecule has 0 radical (unpaired) electrons. The molecule has 1 heterocycles. The molecular formula is C21H23NO3. The first-order valence-corrected chi connectivity index (χ1v) is 8.70. The molecule has 1 aliphatic heterocycles. The van der Waals surface area contributed by atoms with E-state index in [9.17, 15) is 9.59 Å². The van der Waals surface area contributed by atoms with Gasteiger partial charge in [-0.2, -0.15) is 0 Å². The Bertz CT molecular complexity index is 742. The van der Waals surface area contributed by atoms with Gasteiger partial charge in [-0.15, -0.1) is 0 Å². The zero-order valence-corrected chi connectivity index (χ0v) is 14.5. The van der Waals surface area contributed by atoms with Crippen molar-refractivity contribution in [3.63, 3.8) is 0 Å². The van der Waals surface area contributed by atoms with Crippen LogP contribution in [0.5, 0.6) is 5.75 Å². The van der Waals surface area contributed by atoms with Gasteiger partial charge in [-0.25, -0.2) is 0 Å². The first-order valence-electron chi connectivity index (χ1n) is 8.70. The Balaban J connectivity index is 1.58. The second kappa shape index (κ2) is 7.97. The summed E-state index contributed by atoms with van der Waals surface area (Å²) < 4.78 is 5.63. The summed E-state index contributed by atoms with van der Waals surface area (Å²) in [4.78, 5) is 25.9. The number of carbonyl (C=O) groups excluding carboxylic acids is 2. The Morgan fingerprint density at radius 3 is 2.68 bits per heavy atom. The van der Waals surface area contributed by atoms with E-state index in [1.54, 1.807) is 24.3 Å². The Hall–Kier alpha value is -2.62. The fourth-order valence-corrected chi connectivity index (χ4v) is 3.30. The van der Waals surface area contributed by atoms with E-state index in [0.29, 0.717) is 11.3 Å². The third-order valence-electron chi connectivity index (χ3n) is 4.61. The highest BCUT2D eigenvalue weighted by atomic mass is 16.5. The topological polar surface area (TPSA) is 46.6 Å². The summed E-state index contributed by atoms with van der Waals surface area (Å²) in [5.74, 6) is 0.547. The van der Waals surface area contributed by atoms with Crippen LogP contribution in [0.25, 0.3) is 0 Å². The van der Waals surface area contributed by atoms with E-state index >= 15 is 0 Å². The van der Waals surface area contributed by atoms with E-state index in [2.05, 4.69) is 12.1 Å². The molecular weight excluding hydrogens is 314 g/mol. The minimum Gasteiger partial charge on any atom is -0.484 e. The SMILES string of the molecule is CC(=O)c1cccc(OCC(=O)N2CCCC2Cc2ccccc2)c1. The van der Waals surface area contributed by atoms with Crippen LogP contribution in [0.4, 0.5) is 0 Å². The summed E-state index contributed by atoms with van der Waals surface area (Å²) in [5.41, 5.74) is 1.84. The number of amides is 1. The first-order chi connectivity index (χ1) is 12.1. The number of Topliss-reactive ketones (excluding diaryl/α,β-unsaturated/α-hetero) is 1. The van der Waals surface area contributed by atoms with Crippen molar-refractivity contribution in [3.05, 3.63) is 65.7 Å². The summed E-state index contributed by atoms with van der Waals surface area (Å²) in [6, 6.07) is 17.5. The molecule has 4 nitrogen and oxygen atoms in total. The van der Waals surface area contributed by atoms with Gasteiger partial charge in [-0.1, -0.05) is 42.5 Å². The largest absolute Gasteiger partial charge is 0.484 e. The van der Waals surface area contributed by atoms with Crippen LogP contribution < -0.4 is 4.74 Å². The number of nitrogens with zero attached hydrogens (tertiary/aromatic N) is 1. The molecule has 0 aliphatic carbocycles. The van der Waals surface area contributed by atoms with Crippen LogP contribution in [0.1, 0.15) is 35.7 Å². The fraction of sp³-hybridized carbons (Fsp3) is 0.333. The van der Waals surface area contributed by atoms with Crippen molar-refractivity contribution in [2.45, 2.75) is 32.2 Å². The maximum atomic E-state index is 12.6. The molecule has 3 rings (SSSR count). The molecule has 1 atom stereocenters. The maximum absolute atomic E-state index is 12.6. The van der Waals surface area contributed by atoms with Gasteiger partial charge in [-0.3, -0.25) is 9.59 Å². The summed E-state index contributed by atoms with van der Waals surface area (Å²) in [7, 11) is 0. The standard InChI is InChI=1S/C21H23NO3/c1-16(23)18-9-5-11-20(14-18)25-15-21(24)22-12-6-10-19(22)13-17-7-3-2-4-8-17/h2-5,7-9,11,14,19H,6,10,12-13,15H2,1H3. The van der Waals surface area contributed by atoms with Crippen molar-refractivity contribution in [3.8, 4) is 5.75 Å². The molecule has 0 saturated carbocycles. The molecule has 1 unspecified atom stereocenters. The van der Waals surface area contributed by atoms with Crippen LogP contribution in [0, 0.1) is 0 Å². The number of hydrogen-bond donors (Lipinski definition) is 0. The highest BCUT2D eigenvalue weighted by Gasteiger charge is 2.28. The summed E-state index contributed by atoms with van der Waals surface area (Å²) in [5, 5.41) is 0. The lowest BCUT2D eigenvalue weighted by molar-refractivity contribution is -0.134. The number of benzene rings is 2. The molecule has 0 N–H and O–H groups in total. The molecule has 1 aliphatic rings. The highest BCUT2D eigenvalue weighted by Crippen LogP contribution is 2.22. The Labute approximate surface area is 148 Å². The van der Waals surface area contributed by atoms with Gasteiger partial charge in [0.15, 0.2) is 12.4 Å². The van der Waals surface area contributed by atoms with E-state index < -0.39 is 0 Å². The highest BCUT2D eigenvalue weighted by molar-refractivity contribution is 5.94. The van der Waals surface area contributed by atoms with Crippen molar-refractivity contribution in [1.29, 1.82) is 0 Å². The minimum absolute atomic E-state index is 0.00617. The predicted molar refractivity (Wildman–Crippen MR) is 96.8 cm³/mol. The van der Waals surface area contributed by atoms with E-state index in [1.807, 2.05) is 23.1 Å². The van der Waals surface area contributed by atoms with Gasteiger partial charge in [0.2, 0.25) is 0 Å². The number of ketones is 1. The van der Waals surface area contributed by atoms with Gasteiger partial charge in [0.25, 0.3) is 5.91 Å². The molecule has 4 heteroatoms. The van der Waals surface area contributed by atoms with Crippen LogP contribution in [-0.4, -0.2) is 35.8 Å². The van der Waals surface area contributed by atoms with Crippen molar-refractivity contribution in [2.24, 2.45) is 0 Å². The zero-order chi connectivity index (χ0) is 17.6. The lowest BCUT2D eigenvalue weighted by atomic mass is 10.0. The number of carbonyl (C=O) groups is 2. The average molecular weight is 337 g/mol. The number of rotatable bonds is 6.